The molecule has 2 aliphatic rings. The van der Waals surface area contributed by atoms with E-state index in [4.69, 9.17) is 4.74 Å². The monoisotopic (exact) mass is 311 g/mol. The van der Waals surface area contributed by atoms with Crippen molar-refractivity contribution in [3.05, 3.63) is 47.5 Å². The zero-order chi connectivity index (χ0) is 15.9. The van der Waals surface area contributed by atoms with Crippen molar-refractivity contribution < 1.29 is 4.74 Å². The summed E-state index contributed by atoms with van der Waals surface area (Å²) in [5.74, 6) is 2.99. The van der Waals surface area contributed by atoms with Crippen LogP contribution in [-0.4, -0.2) is 21.7 Å². The fourth-order valence-corrected chi connectivity index (χ4v) is 3.80. The first-order valence-electron chi connectivity index (χ1n) is 8.61. The van der Waals surface area contributed by atoms with Gasteiger partial charge in [-0.1, -0.05) is 12.1 Å². The highest BCUT2D eigenvalue weighted by atomic mass is 16.5. The van der Waals surface area contributed by atoms with Crippen molar-refractivity contribution >= 4 is 0 Å². The summed E-state index contributed by atoms with van der Waals surface area (Å²) >= 11 is 0. The van der Waals surface area contributed by atoms with E-state index < -0.39 is 0 Å². The van der Waals surface area contributed by atoms with Crippen molar-refractivity contribution in [2.45, 2.75) is 51.8 Å². The van der Waals surface area contributed by atoms with E-state index in [0.29, 0.717) is 5.92 Å². The van der Waals surface area contributed by atoms with Crippen LogP contribution in [0.1, 0.15) is 37.2 Å². The number of imidazole rings is 1. The Labute approximate surface area is 137 Å². The maximum atomic E-state index is 5.95. The van der Waals surface area contributed by atoms with Gasteiger partial charge in [0.1, 0.15) is 17.2 Å². The number of fused-ring (bicyclic) bond motifs is 2. The third-order valence-electron chi connectivity index (χ3n) is 4.92. The molecular formula is C19H25N3O. The van der Waals surface area contributed by atoms with Crippen LogP contribution in [0.25, 0.3) is 0 Å². The first kappa shape index (κ1) is 14.8. The van der Waals surface area contributed by atoms with Gasteiger partial charge in [-0.05, 0) is 49.9 Å². The Morgan fingerprint density at radius 1 is 1.39 bits per heavy atom. The van der Waals surface area contributed by atoms with Crippen LogP contribution in [0.15, 0.2) is 30.6 Å². The van der Waals surface area contributed by atoms with Crippen LogP contribution in [0.4, 0.5) is 0 Å². The predicted octanol–water partition coefficient (Wildman–Crippen LogP) is 2.95. The lowest BCUT2D eigenvalue weighted by atomic mass is 9.99. The van der Waals surface area contributed by atoms with Gasteiger partial charge in [-0.15, -0.1) is 0 Å². The fourth-order valence-electron chi connectivity index (χ4n) is 3.80. The van der Waals surface area contributed by atoms with Gasteiger partial charge in [-0.2, -0.15) is 0 Å². The molecule has 0 unspecified atom stereocenters. The molecule has 0 spiro atoms. The lowest BCUT2D eigenvalue weighted by molar-refractivity contribution is 0.138. The third kappa shape index (κ3) is 3.13. The van der Waals surface area contributed by atoms with E-state index >= 15 is 0 Å². The molecule has 0 saturated heterocycles. The minimum absolute atomic E-state index is 0.0566. The topological polar surface area (TPSA) is 39.1 Å². The molecule has 0 bridgehead atoms. The number of nitrogens with one attached hydrogen (secondary N) is 1. The molecule has 4 heteroatoms. The second-order valence-electron chi connectivity index (χ2n) is 7.51. The van der Waals surface area contributed by atoms with Gasteiger partial charge < -0.3 is 14.6 Å². The zero-order valence-corrected chi connectivity index (χ0v) is 14.0. The first-order valence-corrected chi connectivity index (χ1v) is 8.61. The molecule has 1 N–H and O–H groups in total. The average molecular weight is 311 g/mol. The molecule has 3 heterocycles. The van der Waals surface area contributed by atoms with Crippen molar-refractivity contribution in [1.82, 2.24) is 14.9 Å². The van der Waals surface area contributed by atoms with Crippen LogP contribution >= 0.6 is 0 Å². The smallest absolute Gasteiger partial charge is 0.123 e. The molecule has 1 aromatic carbocycles. The lowest BCUT2D eigenvalue weighted by Gasteiger charge is -2.24. The molecule has 0 saturated carbocycles. The Morgan fingerprint density at radius 2 is 2.30 bits per heavy atom. The van der Waals surface area contributed by atoms with Crippen molar-refractivity contribution in [3.63, 3.8) is 0 Å². The SMILES string of the molecule is CC1(C)Cc2cc(CNC[C@@H]3CCc4nccn4C3)ccc2O1. The van der Waals surface area contributed by atoms with E-state index in [9.17, 15) is 0 Å². The molecule has 0 aliphatic carbocycles. The van der Waals surface area contributed by atoms with Gasteiger partial charge in [0.2, 0.25) is 0 Å². The summed E-state index contributed by atoms with van der Waals surface area (Å²) in [5.41, 5.74) is 2.64. The Balaban J connectivity index is 1.31. The van der Waals surface area contributed by atoms with Crippen molar-refractivity contribution in [2.75, 3.05) is 6.54 Å². The Kier molecular flexibility index (Phi) is 3.64. The molecule has 122 valence electrons. The van der Waals surface area contributed by atoms with Gasteiger partial charge in [0.25, 0.3) is 0 Å². The highest BCUT2D eigenvalue weighted by molar-refractivity contribution is 5.41. The molecule has 1 atom stereocenters. The van der Waals surface area contributed by atoms with Crippen LogP contribution in [-0.2, 0) is 25.9 Å². The number of benzene rings is 1. The average Bonchev–Trinajstić information content (AvgIpc) is 3.08. The van der Waals surface area contributed by atoms with Gasteiger partial charge in [0, 0.05) is 38.3 Å². The van der Waals surface area contributed by atoms with Gasteiger partial charge in [-0.3, -0.25) is 0 Å². The van der Waals surface area contributed by atoms with Gasteiger partial charge >= 0.3 is 0 Å². The molecule has 4 rings (SSSR count). The number of ether oxygens (including phenoxy) is 1. The summed E-state index contributed by atoms with van der Waals surface area (Å²) in [5, 5.41) is 3.63. The Hall–Kier alpha value is -1.81. The predicted molar refractivity (Wildman–Crippen MR) is 90.6 cm³/mol. The Morgan fingerprint density at radius 3 is 3.22 bits per heavy atom. The highest BCUT2D eigenvalue weighted by Gasteiger charge is 2.29. The van der Waals surface area contributed by atoms with Crippen LogP contribution in [0, 0.1) is 5.92 Å². The number of hydrogen-bond acceptors (Lipinski definition) is 3. The number of nitrogens with zero attached hydrogens (tertiary/aromatic N) is 2. The number of rotatable bonds is 4. The van der Waals surface area contributed by atoms with E-state index in [1.165, 1.54) is 23.4 Å². The summed E-state index contributed by atoms with van der Waals surface area (Å²) in [6.07, 6.45) is 7.35. The number of aryl methyl sites for hydroxylation is 1. The normalized spacial score (nSPS) is 21.6. The Bertz CT molecular complexity index is 704. The second kappa shape index (κ2) is 5.68. The summed E-state index contributed by atoms with van der Waals surface area (Å²) in [6.45, 7) is 7.39. The van der Waals surface area contributed by atoms with Gasteiger partial charge in [0.05, 0.1) is 0 Å². The van der Waals surface area contributed by atoms with E-state index in [0.717, 1.165) is 38.2 Å². The third-order valence-corrected chi connectivity index (χ3v) is 4.92. The quantitative estimate of drug-likeness (QED) is 0.943. The minimum atomic E-state index is -0.0566. The zero-order valence-electron chi connectivity index (χ0n) is 14.0. The summed E-state index contributed by atoms with van der Waals surface area (Å²) in [6, 6.07) is 6.60. The molecule has 0 amide bonds. The molecule has 2 aliphatic heterocycles. The summed E-state index contributed by atoms with van der Waals surface area (Å²) in [4.78, 5) is 4.39. The maximum absolute atomic E-state index is 5.95. The van der Waals surface area contributed by atoms with Crippen molar-refractivity contribution in [1.29, 1.82) is 0 Å². The van der Waals surface area contributed by atoms with Crippen molar-refractivity contribution in [2.24, 2.45) is 5.92 Å². The van der Waals surface area contributed by atoms with Crippen LogP contribution in [0.2, 0.25) is 0 Å². The minimum Gasteiger partial charge on any atom is -0.487 e. The van der Waals surface area contributed by atoms with Gasteiger partial charge in [-0.25, -0.2) is 4.98 Å². The van der Waals surface area contributed by atoms with E-state index in [2.05, 4.69) is 53.1 Å². The fraction of sp³-hybridized carbons (Fsp3) is 0.526. The number of hydrogen-bond donors (Lipinski definition) is 1. The van der Waals surface area contributed by atoms with E-state index in [-0.39, 0.29) is 5.60 Å². The van der Waals surface area contributed by atoms with Crippen molar-refractivity contribution in [3.8, 4) is 5.75 Å². The maximum Gasteiger partial charge on any atom is 0.123 e. The van der Waals surface area contributed by atoms with E-state index in [1.807, 2.05) is 6.20 Å². The van der Waals surface area contributed by atoms with Crippen LogP contribution in [0.3, 0.4) is 0 Å². The lowest BCUT2D eigenvalue weighted by Crippen LogP contribution is -2.29. The van der Waals surface area contributed by atoms with Gasteiger partial charge in [0.15, 0.2) is 0 Å². The molecule has 2 aromatic rings. The second-order valence-corrected chi connectivity index (χ2v) is 7.51. The molecule has 23 heavy (non-hydrogen) atoms. The number of aromatic nitrogens is 2. The standard InChI is InChI=1S/C19H25N3O/c1-19(2)10-16-9-14(3-5-17(16)23-19)11-20-12-15-4-6-18-21-7-8-22(18)13-15/h3,5,7-9,15,20H,4,6,10-13H2,1-2H3/t15-/m0/s1. The summed E-state index contributed by atoms with van der Waals surface area (Å²) < 4.78 is 8.24. The molecular weight excluding hydrogens is 286 g/mol. The molecule has 4 nitrogen and oxygen atoms in total. The highest BCUT2D eigenvalue weighted by Crippen LogP contribution is 2.35. The molecule has 1 aromatic heterocycles. The molecule has 0 fully saturated rings. The largest absolute Gasteiger partial charge is 0.487 e. The van der Waals surface area contributed by atoms with Crippen LogP contribution in [0.5, 0.6) is 5.75 Å². The first-order chi connectivity index (χ1) is 11.1. The van der Waals surface area contributed by atoms with E-state index in [1.54, 1.807) is 0 Å². The van der Waals surface area contributed by atoms with Crippen LogP contribution < -0.4 is 10.1 Å². The molecule has 0 radical (unpaired) electrons. The summed E-state index contributed by atoms with van der Waals surface area (Å²) in [7, 11) is 0.